The number of aromatic nitrogens is 2. The Balaban J connectivity index is 1.66. The molecule has 1 amide bonds. The van der Waals surface area contributed by atoms with Crippen molar-refractivity contribution >= 4 is 15.7 Å². The van der Waals surface area contributed by atoms with Crippen LogP contribution < -0.4 is 9.47 Å². The first-order valence-corrected chi connectivity index (χ1v) is 12.4. The van der Waals surface area contributed by atoms with Crippen molar-refractivity contribution in [1.82, 2.24) is 14.9 Å². The highest BCUT2D eigenvalue weighted by Crippen LogP contribution is 2.31. The maximum absolute atomic E-state index is 14.4. The van der Waals surface area contributed by atoms with E-state index in [1.807, 2.05) is 18.7 Å². The molecule has 174 valence electrons. The van der Waals surface area contributed by atoms with E-state index in [1.165, 1.54) is 18.5 Å². The number of benzene rings is 1. The van der Waals surface area contributed by atoms with Gasteiger partial charge in [-0.1, -0.05) is 13.8 Å². The molecule has 0 bridgehead atoms. The second-order valence-electron chi connectivity index (χ2n) is 8.37. The first-order valence-electron chi connectivity index (χ1n) is 10.5. The molecule has 0 N–H and O–H groups in total. The van der Waals surface area contributed by atoms with Gasteiger partial charge in [0, 0.05) is 38.6 Å². The number of sulfone groups is 1. The zero-order valence-electron chi connectivity index (χ0n) is 18.7. The Kier molecular flexibility index (Phi) is 7.33. The van der Waals surface area contributed by atoms with Gasteiger partial charge in [-0.05, 0) is 31.0 Å². The highest BCUT2D eigenvalue weighted by atomic mass is 32.2. The van der Waals surface area contributed by atoms with Gasteiger partial charge in [0.05, 0.1) is 10.5 Å². The second kappa shape index (κ2) is 9.81. The summed E-state index contributed by atoms with van der Waals surface area (Å²) in [6.07, 6.45) is 4.08. The molecule has 0 radical (unpaired) electrons. The minimum absolute atomic E-state index is 0.106. The number of halogens is 1. The molecule has 2 heterocycles. The summed E-state index contributed by atoms with van der Waals surface area (Å²) in [6, 6.07) is 3.43. The van der Waals surface area contributed by atoms with Gasteiger partial charge in [0.1, 0.15) is 12.4 Å². The van der Waals surface area contributed by atoms with Crippen LogP contribution in [0.5, 0.6) is 17.5 Å². The van der Waals surface area contributed by atoms with Crippen molar-refractivity contribution in [2.24, 2.45) is 5.92 Å². The number of likely N-dealkylation sites (tertiary alicyclic amines) is 1. The standard InChI is InChI=1S/C22H28FN3O5S/c1-14(2)11-20(27)26-9-7-16(8-10-26)30-21-15(3)22(25-13-24-21)31-19-6-5-17(12-18(19)23)32(4,28)29/h5-6,12-14,16H,7-11H2,1-4H3. The van der Waals surface area contributed by atoms with Gasteiger partial charge in [-0.15, -0.1) is 0 Å². The molecule has 8 nitrogen and oxygen atoms in total. The third-order valence-electron chi connectivity index (χ3n) is 5.19. The molecule has 1 aliphatic heterocycles. The molecule has 0 saturated carbocycles. The minimum atomic E-state index is -3.53. The van der Waals surface area contributed by atoms with Gasteiger partial charge in [-0.25, -0.2) is 22.8 Å². The summed E-state index contributed by atoms with van der Waals surface area (Å²) in [5, 5.41) is 0. The zero-order chi connectivity index (χ0) is 23.5. The molecular weight excluding hydrogens is 437 g/mol. The maximum atomic E-state index is 14.4. The predicted octanol–water partition coefficient (Wildman–Crippen LogP) is 3.54. The van der Waals surface area contributed by atoms with E-state index in [1.54, 1.807) is 6.92 Å². The molecule has 1 aliphatic rings. The summed E-state index contributed by atoms with van der Waals surface area (Å²) in [6.45, 7) is 7.01. The molecule has 0 unspecified atom stereocenters. The van der Waals surface area contributed by atoms with Crippen molar-refractivity contribution in [1.29, 1.82) is 0 Å². The van der Waals surface area contributed by atoms with Gasteiger partial charge in [0.2, 0.25) is 17.7 Å². The van der Waals surface area contributed by atoms with Gasteiger partial charge in [0.15, 0.2) is 21.4 Å². The molecule has 10 heteroatoms. The van der Waals surface area contributed by atoms with Crippen LogP contribution in [0, 0.1) is 18.7 Å². The number of hydrogen-bond acceptors (Lipinski definition) is 7. The lowest BCUT2D eigenvalue weighted by atomic mass is 10.1. The SMILES string of the molecule is Cc1c(Oc2ccc(S(C)(=O)=O)cc2F)ncnc1OC1CCN(C(=O)CC(C)C)CC1. The third kappa shape index (κ3) is 5.93. The largest absolute Gasteiger partial charge is 0.474 e. The summed E-state index contributed by atoms with van der Waals surface area (Å²) in [5.41, 5.74) is 0.498. The summed E-state index contributed by atoms with van der Waals surface area (Å²) < 4.78 is 49.1. The molecule has 3 rings (SSSR count). The molecule has 0 aliphatic carbocycles. The van der Waals surface area contributed by atoms with E-state index in [-0.39, 0.29) is 28.5 Å². The molecule has 1 aromatic heterocycles. The van der Waals surface area contributed by atoms with Gasteiger partial charge in [0.25, 0.3) is 0 Å². The Morgan fingerprint density at radius 2 is 1.88 bits per heavy atom. The van der Waals surface area contributed by atoms with Crippen LogP contribution in [0.25, 0.3) is 0 Å². The lowest BCUT2D eigenvalue weighted by molar-refractivity contribution is -0.133. The number of carbonyl (C=O) groups excluding carboxylic acids is 1. The van der Waals surface area contributed by atoms with Crippen LogP contribution >= 0.6 is 0 Å². The lowest BCUT2D eigenvalue weighted by Crippen LogP contribution is -2.42. The number of carbonyl (C=O) groups is 1. The Bertz CT molecular complexity index is 1080. The minimum Gasteiger partial charge on any atom is -0.474 e. The van der Waals surface area contributed by atoms with E-state index in [0.717, 1.165) is 12.3 Å². The fourth-order valence-corrected chi connectivity index (χ4v) is 4.03. The third-order valence-corrected chi connectivity index (χ3v) is 6.30. The Labute approximate surface area is 187 Å². The van der Waals surface area contributed by atoms with E-state index in [0.29, 0.717) is 49.7 Å². The van der Waals surface area contributed by atoms with Gasteiger partial charge in [-0.3, -0.25) is 4.79 Å². The highest BCUT2D eigenvalue weighted by molar-refractivity contribution is 7.90. The number of nitrogens with zero attached hydrogens (tertiary/aromatic N) is 3. The summed E-state index contributed by atoms with van der Waals surface area (Å²) in [4.78, 5) is 22.2. The topological polar surface area (TPSA) is 98.7 Å². The molecule has 0 spiro atoms. The van der Waals surface area contributed by atoms with Crippen LogP contribution in [0.3, 0.4) is 0 Å². The Hall–Kier alpha value is -2.75. The Morgan fingerprint density at radius 3 is 2.47 bits per heavy atom. The van der Waals surface area contributed by atoms with Crippen LogP contribution in [0.2, 0.25) is 0 Å². The predicted molar refractivity (Wildman–Crippen MR) is 116 cm³/mol. The smallest absolute Gasteiger partial charge is 0.229 e. The van der Waals surface area contributed by atoms with Crippen molar-refractivity contribution in [3.05, 3.63) is 35.9 Å². The van der Waals surface area contributed by atoms with Crippen LogP contribution in [-0.4, -0.2) is 54.6 Å². The first-order chi connectivity index (χ1) is 15.0. The van der Waals surface area contributed by atoms with Crippen LogP contribution in [0.4, 0.5) is 4.39 Å². The fourth-order valence-electron chi connectivity index (χ4n) is 3.40. The monoisotopic (exact) mass is 465 g/mol. The Morgan fingerprint density at radius 1 is 1.22 bits per heavy atom. The molecule has 1 saturated heterocycles. The number of amides is 1. The number of ether oxygens (including phenoxy) is 2. The molecular formula is C22H28FN3O5S. The molecule has 32 heavy (non-hydrogen) atoms. The summed E-state index contributed by atoms with van der Waals surface area (Å²) >= 11 is 0. The van der Waals surface area contributed by atoms with Crippen LogP contribution in [0.1, 0.15) is 38.7 Å². The molecule has 0 atom stereocenters. The normalized spacial score (nSPS) is 15.1. The molecule has 1 aromatic carbocycles. The molecule has 1 fully saturated rings. The highest BCUT2D eigenvalue weighted by Gasteiger charge is 2.25. The number of hydrogen-bond donors (Lipinski definition) is 0. The first kappa shape index (κ1) is 23.9. The maximum Gasteiger partial charge on any atom is 0.229 e. The van der Waals surface area contributed by atoms with Crippen molar-refractivity contribution in [2.75, 3.05) is 19.3 Å². The van der Waals surface area contributed by atoms with Crippen molar-refractivity contribution in [3.63, 3.8) is 0 Å². The zero-order valence-corrected chi connectivity index (χ0v) is 19.5. The van der Waals surface area contributed by atoms with Crippen molar-refractivity contribution < 1.29 is 27.1 Å². The second-order valence-corrected chi connectivity index (χ2v) is 10.4. The van der Waals surface area contributed by atoms with Gasteiger partial charge >= 0.3 is 0 Å². The lowest BCUT2D eigenvalue weighted by Gasteiger charge is -2.32. The van der Waals surface area contributed by atoms with Crippen molar-refractivity contribution in [2.45, 2.75) is 51.0 Å². The van der Waals surface area contributed by atoms with E-state index in [4.69, 9.17) is 9.47 Å². The van der Waals surface area contributed by atoms with Crippen LogP contribution in [-0.2, 0) is 14.6 Å². The quantitative estimate of drug-likeness (QED) is 0.617. The van der Waals surface area contributed by atoms with E-state index in [2.05, 4.69) is 9.97 Å². The summed E-state index contributed by atoms with van der Waals surface area (Å²) in [7, 11) is -3.53. The fraction of sp³-hybridized carbons (Fsp3) is 0.500. The average Bonchev–Trinajstić information content (AvgIpc) is 2.71. The van der Waals surface area contributed by atoms with E-state index >= 15 is 0 Å². The van der Waals surface area contributed by atoms with E-state index in [9.17, 15) is 17.6 Å². The van der Waals surface area contributed by atoms with Crippen LogP contribution in [0.15, 0.2) is 29.4 Å². The summed E-state index contributed by atoms with van der Waals surface area (Å²) in [5.74, 6) is -0.0307. The number of rotatable bonds is 7. The van der Waals surface area contributed by atoms with Gasteiger partial charge in [-0.2, -0.15) is 0 Å². The number of piperidine rings is 1. The van der Waals surface area contributed by atoms with Gasteiger partial charge < -0.3 is 14.4 Å². The van der Waals surface area contributed by atoms with Crippen molar-refractivity contribution in [3.8, 4) is 17.5 Å². The molecule has 2 aromatic rings. The van der Waals surface area contributed by atoms with E-state index < -0.39 is 15.7 Å². The average molecular weight is 466 g/mol.